The topological polar surface area (TPSA) is 80.2 Å². The molecule has 2 aliphatic rings. The zero-order valence-corrected chi connectivity index (χ0v) is 20.2. The van der Waals surface area contributed by atoms with E-state index in [1.807, 2.05) is 16.5 Å². The number of carbonyl (C=O) groups excluding carboxylic acids is 2. The van der Waals surface area contributed by atoms with Crippen LogP contribution < -0.4 is 10.1 Å². The van der Waals surface area contributed by atoms with Gasteiger partial charge in [-0.25, -0.2) is 9.79 Å². The van der Waals surface area contributed by atoms with Crippen molar-refractivity contribution in [3.05, 3.63) is 82.5 Å². The van der Waals surface area contributed by atoms with Crippen molar-refractivity contribution in [1.29, 1.82) is 0 Å². The number of fused-ring (bicyclic) bond motifs is 1. The Bertz CT molecular complexity index is 1260. The Labute approximate surface area is 209 Å². The number of hydrogen-bond donors (Lipinski definition) is 1. The third-order valence-corrected chi connectivity index (χ3v) is 6.16. The van der Waals surface area contributed by atoms with Crippen molar-refractivity contribution in [3.8, 4) is 5.75 Å². The first-order valence-electron chi connectivity index (χ1n) is 11.0. The van der Waals surface area contributed by atoms with Crippen LogP contribution in [0.3, 0.4) is 0 Å². The van der Waals surface area contributed by atoms with E-state index in [2.05, 4.69) is 10.3 Å². The summed E-state index contributed by atoms with van der Waals surface area (Å²) in [6.07, 6.45) is -2.75. The molecule has 0 radical (unpaired) electrons. The highest BCUT2D eigenvalue weighted by Crippen LogP contribution is 2.41. The molecule has 0 aromatic heterocycles. The number of alkyl halides is 3. The van der Waals surface area contributed by atoms with Gasteiger partial charge in [-0.15, -0.1) is 0 Å². The van der Waals surface area contributed by atoms with Gasteiger partial charge in [0, 0.05) is 6.20 Å². The predicted molar refractivity (Wildman–Crippen MR) is 130 cm³/mol. The van der Waals surface area contributed by atoms with Gasteiger partial charge in [0.15, 0.2) is 11.8 Å². The van der Waals surface area contributed by atoms with Gasteiger partial charge in [-0.2, -0.15) is 13.2 Å². The molecule has 7 nitrogen and oxygen atoms in total. The van der Waals surface area contributed by atoms with Crippen LogP contribution in [0.1, 0.15) is 31.0 Å². The number of para-hydroxylation sites is 1. The number of anilines is 1. The predicted octanol–water partition coefficient (Wildman–Crippen LogP) is 5.49. The summed E-state index contributed by atoms with van der Waals surface area (Å²) in [6, 6.07) is 11.0. The molecule has 0 bridgehead atoms. The van der Waals surface area contributed by atoms with Crippen molar-refractivity contribution in [2.24, 2.45) is 4.99 Å². The van der Waals surface area contributed by atoms with E-state index in [1.165, 1.54) is 30.0 Å². The number of benzene rings is 2. The quantitative estimate of drug-likeness (QED) is 0.490. The monoisotopic (exact) mass is 517 g/mol. The fourth-order valence-electron chi connectivity index (χ4n) is 3.82. The van der Waals surface area contributed by atoms with Crippen molar-refractivity contribution >= 4 is 34.5 Å². The zero-order valence-electron chi connectivity index (χ0n) is 19.3. The van der Waals surface area contributed by atoms with Crippen molar-refractivity contribution in [2.45, 2.75) is 26.1 Å². The molecule has 0 spiro atoms. The van der Waals surface area contributed by atoms with E-state index >= 15 is 0 Å². The average Bonchev–Trinajstić information content (AvgIpc) is 3.30. The number of allylic oxidation sites excluding steroid dienone is 1. The van der Waals surface area contributed by atoms with Gasteiger partial charge in [0.05, 0.1) is 35.2 Å². The Morgan fingerprint density at radius 2 is 1.86 bits per heavy atom. The minimum absolute atomic E-state index is 0.228. The van der Waals surface area contributed by atoms with E-state index in [0.717, 1.165) is 16.8 Å². The largest absolute Gasteiger partial charge is 0.484 e. The Balaban J connectivity index is 1.46. The van der Waals surface area contributed by atoms with Crippen LogP contribution in [0, 0.1) is 0 Å². The number of hydrogen-bond acceptors (Lipinski definition) is 7. The number of amides is 1. The van der Waals surface area contributed by atoms with Crippen molar-refractivity contribution in [1.82, 2.24) is 4.90 Å². The number of halogens is 3. The first-order valence-corrected chi connectivity index (χ1v) is 11.8. The van der Waals surface area contributed by atoms with Gasteiger partial charge in [-0.05, 0) is 49.1 Å². The van der Waals surface area contributed by atoms with E-state index in [0.29, 0.717) is 17.0 Å². The zero-order chi connectivity index (χ0) is 25.9. The molecule has 36 heavy (non-hydrogen) atoms. The van der Waals surface area contributed by atoms with E-state index < -0.39 is 36.3 Å². The number of esters is 1. The number of carbonyl (C=O) groups is 2. The smallest absolute Gasteiger partial charge is 0.418 e. The van der Waals surface area contributed by atoms with Crippen LogP contribution in [0.4, 0.5) is 18.9 Å². The van der Waals surface area contributed by atoms with Crippen molar-refractivity contribution in [3.63, 3.8) is 0 Å². The summed E-state index contributed by atoms with van der Waals surface area (Å²) in [5, 5.41) is 4.85. The van der Waals surface area contributed by atoms with Crippen LogP contribution in [-0.4, -0.2) is 35.2 Å². The lowest BCUT2D eigenvalue weighted by molar-refractivity contribution is -0.139. The molecule has 1 atom stereocenters. The molecule has 4 rings (SSSR count). The molecule has 2 heterocycles. The molecule has 1 amide bonds. The molecule has 0 saturated carbocycles. The highest BCUT2D eigenvalue weighted by atomic mass is 32.2. The highest BCUT2D eigenvalue weighted by Gasteiger charge is 2.37. The second-order valence-corrected chi connectivity index (χ2v) is 8.65. The number of thioether (sulfide) groups is 1. The fraction of sp³-hybridized carbons (Fsp3) is 0.240. The maximum absolute atomic E-state index is 13.1. The van der Waals surface area contributed by atoms with E-state index in [4.69, 9.17) is 9.47 Å². The van der Waals surface area contributed by atoms with Gasteiger partial charge in [0.2, 0.25) is 0 Å². The molecule has 2 aliphatic heterocycles. The second kappa shape index (κ2) is 10.5. The Hall–Kier alpha value is -3.73. The average molecular weight is 518 g/mol. The Morgan fingerprint density at radius 1 is 1.14 bits per heavy atom. The number of nitrogens with zero attached hydrogens (tertiary/aromatic N) is 2. The molecule has 0 saturated heterocycles. The van der Waals surface area contributed by atoms with Crippen LogP contribution >= 0.6 is 11.8 Å². The van der Waals surface area contributed by atoms with E-state index in [-0.39, 0.29) is 12.3 Å². The minimum Gasteiger partial charge on any atom is -0.484 e. The highest BCUT2D eigenvalue weighted by molar-refractivity contribution is 8.16. The van der Waals surface area contributed by atoms with Gasteiger partial charge in [0.25, 0.3) is 5.91 Å². The third kappa shape index (κ3) is 5.40. The van der Waals surface area contributed by atoms with E-state index in [9.17, 15) is 22.8 Å². The number of aliphatic imine (C=N–C) groups is 1. The lowest BCUT2D eigenvalue weighted by Gasteiger charge is -2.33. The summed E-state index contributed by atoms with van der Waals surface area (Å²) in [7, 11) is 0. The molecule has 2 aromatic carbocycles. The molecule has 0 fully saturated rings. The number of ether oxygens (including phenoxy) is 2. The first kappa shape index (κ1) is 25.4. The van der Waals surface area contributed by atoms with Gasteiger partial charge < -0.3 is 19.7 Å². The summed E-state index contributed by atoms with van der Waals surface area (Å²) in [6.45, 7) is 3.24. The second-order valence-electron chi connectivity index (χ2n) is 7.78. The summed E-state index contributed by atoms with van der Waals surface area (Å²) in [5.41, 5.74) is 0.482. The normalized spacial score (nSPS) is 17.0. The van der Waals surface area contributed by atoms with Gasteiger partial charge in [0.1, 0.15) is 5.75 Å². The summed E-state index contributed by atoms with van der Waals surface area (Å²) in [4.78, 5) is 31.3. The minimum atomic E-state index is -4.59. The maximum Gasteiger partial charge on any atom is 0.418 e. The van der Waals surface area contributed by atoms with Crippen LogP contribution in [0.5, 0.6) is 5.75 Å². The summed E-state index contributed by atoms with van der Waals surface area (Å²) in [5.74, 6) is -0.844. The molecule has 11 heteroatoms. The fourth-order valence-corrected chi connectivity index (χ4v) is 4.61. The summed E-state index contributed by atoms with van der Waals surface area (Å²) < 4.78 is 50.1. The number of amidine groups is 1. The Kier molecular flexibility index (Phi) is 7.39. The molecular weight excluding hydrogens is 495 g/mol. The standard InChI is InChI=1S/C25H22F3N3O4S/c1-3-34-23(33)21-15(2)29-24-31(12-13-36-24)22(21)16-8-10-17(11-9-16)35-14-20(32)30-19-7-5-4-6-18(19)25(26,27)28/h4-13,22H,3,14H2,1-2H3,(H,30,32)/t22-/m0/s1. The number of nitrogens with one attached hydrogen (secondary N) is 1. The lowest BCUT2D eigenvalue weighted by atomic mass is 9.95. The maximum atomic E-state index is 13.1. The molecule has 188 valence electrons. The lowest BCUT2D eigenvalue weighted by Crippen LogP contribution is -2.34. The third-order valence-electron chi connectivity index (χ3n) is 5.39. The van der Waals surface area contributed by atoms with Crippen LogP contribution in [0.2, 0.25) is 0 Å². The van der Waals surface area contributed by atoms with Crippen LogP contribution in [-0.2, 0) is 20.5 Å². The molecule has 0 aliphatic carbocycles. The van der Waals surface area contributed by atoms with Crippen molar-refractivity contribution in [2.75, 3.05) is 18.5 Å². The molecule has 0 unspecified atom stereocenters. The summed E-state index contributed by atoms with van der Waals surface area (Å²) >= 11 is 1.44. The van der Waals surface area contributed by atoms with Gasteiger partial charge in [-0.1, -0.05) is 36.0 Å². The number of rotatable bonds is 7. The Morgan fingerprint density at radius 3 is 2.56 bits per heavy atom. The van der Waals surface area contributed by atoms with Crippen LogP contribution in [0.15, 0.2) is 76.4 Å². The van der Waals surface area contributed by atoms with Gasteiger partial charge >= 0.3 is 12.1 Å². The molecule has 2 aromatic rings. The van der Waals surface area contributed by atoms with Crippen LogP contribution in [0.25, 0.3) is 0 Å². The SMILES string of the molecule is CCOC(=O)C1=C(C)N=C2SC=CN2[C@H]1c1ccc(OCC(=O)Nc2ccccc2C(F)(F)F)cc1. The van der Waals surface area contributed by atoms with Crippen molar-refractivity contribution < 1.29 is 32.2 Å². The molecular formula is C25H22F3N3O4S. The molecule has 1 N–H and O–H groups in total. The first-order chi connectivity index (χ1) is 17.2. The van der Waals surface area contributed by atoms with E-state index in [1.54, 1.807) is 38.1 Å². The van der Waals surface area contributed by atoms with Gasteiger partial charge in [-0.3, -0.25) is 4.79 Å².